The van der Waals surface area contributed by atoms with Gasteiger partial charge in [-0.1, -0.05) is 65.1 Å². The number of aromatic nitrogens is 1. The van der Waals surface area contributed by atoms with Crippen molar-refractivity contribution in [1.82, 2.24) is 9.88 Å². The van der Waals surface area contributed by atoms with Crippen molar-refractivity contribution in [3.63, 3.8) is 0 Å². The smallest absolute Gasteiger partial charge is 0.266 e. The van der Waals surface area contributed by atoms with Gasteiger partial charge in [-0.3, -0.25) is 19.4 Å². The van der Waals surface area contributed by atoms with Crippen LogP contribution in [0, 0.1) is 6.92 Å². The van der Waals surface area contributed by atoms with Gasteiger partial charge >= 0.3 is 0 Å². The van der Waals surface area contributed by atoms with E-state index in [0.717, 1.165) is 11.3 Å². The van der Waals surface area contributed by atoms with E-state index in [1.165, 1.54) is 39.8 Å². The summed E-state index contributed by atoms with van der Waals surface area (Å²) in [6.45, 7) is 5.80. The van der Waals surface area contributed by atoms with E-state index in [4.69, 9.17) is 23.8 Å². The van der Waals surface area contributed by atoms with Gasteiger partial charge in [0.05, 0.1) is 15.5 Å². The Balaban J connectivity index is 2.00. The highest BCUT2D eigenvalue weighted by molar-refractivity contribution is 8.26. The molecule has 1 aromatic heterocycles. The number of thiazole rings is 1. The Morgan fingerprint density at radius 1 is 1.41 bits per heavy atom. The number of amides is 2. The van der Waals surface area contributed by atoms with Crippen LogP contribution in [0.25, 0.3) is 6.08 Å². The number of likely N-dealkylation sites (N-methyl/N-ethyl adjacent to an activating group) is 1. The second-order valence-corrected chi connectivity index (χ2v) is 8.76. The number of thioether (sulfide) groups is 1. The molecule has 1 aliphatic rings. The van der Waals surface area contributed by atoms with Crippen LogP contribution in [0.3, 0.4) is 0 Å². The maximum absolute atomic E-state index is 12.4. The Bertz CT molecular complexity index is 971. The van der Waals surface area contributed by atoms with Gasteiger partial charge in [-0.25, -0.2) is 4.98 Å². The quantitative estimate of drug-likeness (QED) is 0.497. The molecular formula is C18H16ClN3O2S3. The first-order chi connectivity index (χ1) is 12.8. The molecule has 1 fully saturated rings. The number of para-hydroxylation sites is 1. The summed E-state index contributed by atoms with van der Waals surface area (Å²) in [5.74, 6) is -0.306. The summed E-state index contributed by atoms with van der Waals surface area (Å²) in [7, 11) is 0. The number of benzene rings is 1. The lowest BCUT2D eigenvalue weighted by molar-refractivity contribution is -0.122. The van der Waals surface area contributed by atoms with Gasteiger partial charge in [0, 0.05) is 13.5 Å². The summed E-state index contributed by atoms with van der Waals surface area (Å²) in [5.41, 5.74) is 1.70. The van der Waals surface area contributed by atoms with Gasteiger partial charge in [0.2, 0.25) is 5.91 Å². The van der Waals surface area contributed by atoms with E-state index >= 15 is 0 Å². The van der Waals surface area contributed by atoms with Gasteiger partial charge in [-0.05, 0) is 31.6 Å². The molecule has 5 nitrogen and oxygen atoms in total. The van der Waals surface area contributed by atoms with Crippen molar-refractivity contribution in [2.24, 2.45) is 0 Å². The van der Waals surface area contributed by atoms with Gasteiger partial charge in [0.15, 0.2) is 5.13 Å². The molecule has 1 aromatic carbocycles. The molecule has 2 heterocycles. The molecule has 1 saturated heterocycles. The number of carbonyl (C=O) groups is 2. The third-order valence-corrected chi connectivity index (χ3v) is 6.68. The van der Waals surface area contributed by atoms with E-state index in [-0.39, 0.29) is 17.0 Å². The third-order valence-electron chi connectivity index (χ3n) is 3.91. The summed E-state index contributed by atoms with van der Waals surface area (Å²) in [6.07, 6.45) is 1.69. The molecule has 3 rings (SSSR count). The van der Waals surface area contributed by atoms with Crippen molar-refractivity contribution in [3.05, 3.63) is 44.8 Å². The van der Waals surface area contributed by atoms with Crippen molar-refractivity contribution in [1.29, 1.82) is 0 Å². The Hall–Kier alpha value is -1.74. The first kappa shape index (κ1) is 20.0. The molecule has 2 aromatic rings. The van der Waals surface area contributed by atoms with E-state index in [0.29, 0.717) is 25.8 Å². The maximum atomic E-state index is 12.4. The Kier molecular flexibility index (Phi) is 6.00. The van der Waals surface area contributed by atoms with Crippen LogP contribution in [0.2, 0.25) is 5.15 Å². The van der Waals surface area contributed by atoms with E-state index in [1.807, 2.05) is 38.1 Å². The summed E-state index contributed by atoms with van der Waals surface area (Å²) < 4.78 is 0.528. The number of hydrogen-bond donors (Lipinski definition) is 0. The zero-order chi connectivity index (χ0) is 19.7. The summed E-state index contributed by atoms with van der Waals surface area (Å²) >= 11 is 14.0. The Morgan fingerprint density at radius 2 is 2.11 bits per heavy atom. The van der Waals surface area contributed by atoms with Crippen LogP contribution in [0.15, 0.2) is 29.2 Å². The van der Waals surface area contributed by atoms with Crippen LogP contribution in [0.4, 0.5) is 10.8 Å². The van der Waals surface area contributed by atoms with Gasteiger partial charge in [-0.15, -0.1) is 0 Å². The molecule has 0 unspecified atom stereocenters. The van der Waals surface area contributed by atoms with Crippen LogP contribution in [-0.2, 0) is 9.59 Å². The lowest BCUT2D eigenvalue weighted by Gasteiger charge is -2.19. The fourth-order valence-electron chi connectivity index (χ4n) is 2.60. The zero-order valence-electron chi connectivity index (χ0n) is 14.9. The molecule has 0 atom stereocenters. The highest BCUT2D eigenvalue weighted by Gasteiger charge is 2.31. The van der Waals surface area contributed by atoms with Crippen molar-refractivity contribution in [2.75, 3.05) is 11.4 Å². The molecule has 0 spiro atoms. The molecule has 0 bridgehead atoms. The number of thiocarbonyl (C=S) groups is 1. The van der Waals surface area contributed by atoms with Crippen molar-refractivity contribution < 1.29 is 9.59 Å². The molecule has 140 valence electrons. The third kappa shape index (κ3) is 3.94. The van der Waals surface area contributed by atoms with Gasteiger partial charge < -0.3 is 0 Å². The van der Waals surface area contributed by atoms with E-state index in [1.54, 1.807) is 6.08 Å². The second-order valence-electron chi connectivity index (χ2n) is 5.72. The van der Waals surface area contributed by atoms with Crippen LogP contribution in [-0.4, -0.2) is 32.6 Å². The Labute approximate surface area is 176 Å². The largest absolute Gasteiger partial charge is 0.293 e. The van der Waals surface area contributed by atoms with Crippen molar-refractivity contribution in [2.45, 2.75) is 20.8 Å². The highest BCUT2D eigenvalue weighted by Crippen LogP contribution is 2.39. The molecule has 0 saturated carbocycles. The van der Waals surface area contributed by atoms with E-state index in [2.05, 4.69) is 4.98 Å². The topological polar surface area (TPSA) is 53.5 Å². The number of carbonyl (C=O) groups excluding carboxylic acids is 2. The second kappa shape index (κ2) is 8.10. The number of rotatable bonds is 4. The van der Waals surface area contributed by atoms with Gasteiger partial charge in [0.25, 0.3) is 5.91 Å². The molecule has 27 heavy (non-hydrogen) atoms. The number of hydrogen-bond acceptors (Lipinski definition) is 6. The van der Waals surface area contributed by atoms with Crippen molar-refractivity contribution in [3.8, 4) is 0 Å². The first-order valence-electron chi connectivity index (χ1n) is 8.11. The molecule has 0 radical (unpaired) electrons. The van der Waals surface area contributed by atoms with E-state index in [9.17, 15) is 9.59 Å². The normalized spacial score (nSPS) is 15.7. The number of aryl methyl sites for hydroxylation is 1. The first-order valence-corrected chi connectivity index (χ1v) is 10.5. The minimum absolute atomic E-state index is 0.138. The SMILES string of the molecule is CCN1C(=O)/C(=C/c2sc(N(C(C)=O)c3ccccc3C)nc2Cl)SC1=S. The van der Waals surface area contributed by atoms with Gasteiger partial charge in [-0.2, -0.15) is 0 Å². The van der Waals surface area contributed by atoms with Crippen LogP contribution in [0.5, 0.6) is 0 Å². The maximum Gasteiger partial charge on any atom is 0.266 e. The zero-order valence-corrected chi connectivity index (χ0v) is 18.1. The van der Waals surface area contributed by atoms with Gasteiger partial charge in [0.1, 0.15) is 9.47 Å². The predicted octanol–water partition coefficient (Wildman–Crippen LogP) is 5.01. The molecule has 2 amide bonds. The molecular weight excluding hydrogens is 422 g/mol. The average molecular weight is 438 g/mol. The average Bonchev–Trinajstić information content (AvgIpc) is 3.09. The minimum atomic E-state index is -0.168. The van der Waals surface area contributed by atoms with Crippen molar-refractivity contribution >= 4 is 79.9 Å². The minimum Gasteiger partial charge on any atom is -0.293 e. The van der Waals surface area contributed by atoms with Crippen LogP contribution < -0.4 is 4.90 Å². The lowest BCUT2D eigenvalue weighted by atomic mass is 10.2. The van der Waals surface area contributed by atoms with E-state index < -0.39 is 0 Å². The molecule has 1 aliphatic heterocycles. The lowest BCUT2D eigenvalue weighted by Crippen LogP contribution is -2.27. The Morgan fingerprint density at radius 3 is 2.70 bits per heavy atom. The summed E-state index contributed by atoms with van der Waals surface area (Å²) in [6, 6.07) is 7.56. The summed E-state index contributed by atoms with van der Waals surface area (Å²) in [5, 5.41) is 0.704. The molecule has 9 heteroatoms. The highest BCUT2D eigenvalue weighted by atomic mass is 35.5. The molecule has 0 aliphatic carbocycles. The fourth-order valence-corrected chi connectivity index (χ4v) is 5.30. The number of nitrogens with zero attached hydrogens (tertiary/aromatic N) is 3. The predicted molar refractivity (Wildman–Crippen MR) is 117 cm³/mol. The standard InChI is InChI=1S/C18H16ClN3O2S3/c1-4-21-16(24)14(27-18(21)25)9-13-15(19)20-17(26-13)22(11(3)23)12-8-6-5-7-10(12)2/h5-9H,4H2,1-3H3/b14-9-. The number of halogens is 1. The van der Waals surface area contributed by atoms with Crippen LogP contribution >= 0.6 is 46.9 Å². The number of anilines is 2. The summed E-state index contributed by atoms with van der Waals surface area (Å²) in [4.78, 5) is 33.2. The van der Waals surface area contributed by atoms with Crippen LogP contribution in [0.1, 0.15) is 24.3 Å². The monoisotopic (exact) mass is 437 g/mol. The molecule has 0 N–H and O–H groups in total. The fraction of sp³-hybridized carbons (Fsp3) is 0.222.